The third-order valence-corrected chi connectivity index (χ3v) is 6.84. The molecule has 1 aromatic carbocycles. The van der Waals surface area contributed by atoms with Crippen molar-refractivity contribution in [3.8, 4) is 0 Å². The number of ether oxygens (including phenoxy) is 1. The number of hydrogen-bond donors (Lipinski definition) is 7. The highest BCUT2D eigenvalue weighted by Gasteiger charge is 2.28. The SMILES string of the molecule is CC(=O)OCc1ccc(NC(=O)[C@H](CCCNC(N)=O)NC(=O)[C@@H](NC(=O)CCCCCNC(=O)C(C)CC(=O)O)C(C)C)cc1. The zero-order chi connectivity index (χ0) is 34.6. The average Bonchev–Trinajstić information content (AvgIpc) is 2.97. The average molecular weight is 649 g/mol. The number of nitrogens with one attached hydrogen (secondary N) is 5. The van der Waals surface area contributed by atoms with Crippen molar-refractivity contribution in [1.29, 1.82) is 0 Å². The van der Waals surface area contributed by atoms with Gasteiger partial charge in [-0.3, -0.25) is 28.8 Å². The summed E-state index contributed by atoms with van der Waals surface area (Å²) in [6, 6.07) is 4.02. The van der Waals surface area contributed by atoms with E-state index < -0.39 is 47.8 Å². The van der Waals surface area contributed by atoms with Crippen LogP contribution >= 0.6 is 0 Å². The second-order valence-electron chi connectivity index (χ2n) is 11.4. The third-order valence-electron chi connectivity index (χ3n) is 6.84. The maximum atomic E-state index is 13.3. The molecule has 8 N–H and O–H groups in total. The molecule has 1 unspecified atom stereocenters. The molecule has 46 heavy (non-hydrogen) atoms. The lowest BCUT2D eigenvalue weighted by Crippen LogP contribution is -2.54. The zero-order valence-corrected chi connectivity index (χ0v) is 27.0. The smallest absolute Gasteiger partial charge is 0.312 e. The molecular formula is C31H48N6O9. The minimum atomic E-state index is -1.04. The Balaban J connectivity index is 2.71. The van der Waals surface area contributed by atoms with Crippen LogP contribution in [0.2, 0.25) is 0 Å². The van der Waals surface area contributed by atoms with Gasteiger partial charge in [0.1, 0.15) is 18.7 Å². The largest absolute Gasteiger partial charge is 0.481 e. The predicted octanol–water partition coefficient (Wildman–Crippen LogP) is 1.55. The molecule has 6 amide bonds. The van der Waals surface area contributed by atoms with Gasteiger partial charge in [-0.25, -0.2) is 4.79 Å². The van der Waals surface area contributed by atoms with Crippen LogP contribution in [0, 0.1) is 11.8 Å². The summed E-state index contributed by atoms with van der Waals surface area (Å²) < 4.78 is 4.96. The molecule has 256 valence electrons. The van der Waals surface area contributed by atoms with Gasteiger partial charge < -0.3 is 42.2 Å². The monoisotopic (exact) mass is 648 g/mol. The van der Waals surface area contributed by atoms with Gasteiger partial charge in [0.25, 0.3) is 0 Å². The van der Waals surface area contributed by atoms with Crippen molar-refractivity contribution in [3.63, 3.8) is 0 Å². The van der Waals surface area contributed by atoms with Gasteiger partial charge in [-0.05, 0) is 49.3 Å². The van der Waals surface area contributed by atoms with E-state index in [1.54, 1.807) is 45.0 Å². The first-order valence-corrected chi connectivity index (χ1v) is 15.3. The minimum absolute atomic E-state index is 0.0884. The molecule has 0 heterocycles. The van der Waals surface area contributed by atoms with Gasteiger partial charge in [0.2, 0.25) is 23.6 Å². The molecule has 0 spiro atoms. The van der Waals surface area contributed by atoms with Crippen molar-refractivity contribution in [3.05, 3.63) is 29.8 Å². The van der Waals surface area contributed by atoms with Crippen LogP contribution in [0.3, 0.4) is 0 Å². The van der Waals surface area contributed by atoms with Crippen LogP contribution in [-0.4, -0.2) is 71.9 Å². The molecule has 0 aliphatic heterocycles. The van der Waals surface area contributed by atoms with Crippen LogP contribution in [0.15, 0.2) is 24.3 Å². The normalized spacial score (nSPS) is 12.6. The van der Waals surface area contributed by atoms with Crippen LogP contribution in [-0.2, 0) is 40.1 Å². The molecule has 1 rings (SSSR count). The van der Waals surface area contributed by atoms with Crippen molar-refractivity contribution in [2.75, 3.05) is 18.4 Å². The minimum Gasteiger partial charge on any atom is -0.481 e. The van der Waals surface area contributed by atoms with Crippen LogP contribution in [0.4, 0.5) is 10.5 Å². The van der Waals surface area contributed by atoms with Crippen LogP contribution in [0.1, 0.15) is 78.2 Å². The Morgan fingerprint density at radius 2 is 1.48 bits per heavy atom. The molecule has 15 heteroatoms. The second-order valence-corrected chi connectivity index (χ2v) is 11.4. The van der Waals surface area contributed by atoms with Gasteiger partial charge >= 0.3 is 18.0 Å². The van der Waals surface area contributed by atoms with Gasteiger partial charge in [0.15, 0.2) is 0 Å². The van der Waals surface area contributed by atoms with E-state index in [-0.39, 0.29) is 50.1 Å². The maximum absolute atomic E-state index is 13.3. The Bertz CT molecular complexity index is 1190. The molecule has 0 saturated heterocycles. The number of carbonyl (C=O) groups excluding carboxylic acids is 6. The summed E-state index contributed by atoms with van der Waals surface area (Å²) in [5.74, 6) is -4.10. The first-order chi connectivity index (χ1) is 21.7. The van der Waals surface area contributed by atoms with E-state index >= 15 is 0 Å². The summed E-state index contributed by atoms with van der Waals surface area (Å²) in [7, 11) is 0. The molecule has 0 aromatic heterocycles. The Morgan fingerprint density at radius 1 is 0.826 bits per heavy atom. The summed E-state index contributed by atoms with van der Waals surface area (Å²) in [5, 5.41) is 22.1. The number of carboxylic acids is 1. The van der Waals surface area contributed by atoms with Crippen molar-refractivity contribution in [2.24, 2.45) is 17.6 Å². The number of rotatable bonds is 21. The Morgan fingerprint density at radius 3 is 2.07 bits per heavy atom. The van der Waals surface area contributed by atoms with Crippen LogP contribution in [0.25, 0.3) is 0 Å². The molecule has 0 radical (unpaired) electrons. The highest BCUT2D eigenvalue weighted by molar-refractivity contribution is 5.98. The van der Waals surface area contributed by atoms with Crippen molar-refractivity contribution >= 4 is 47.3 Å². The number of anilines is 1. The number of nitrogens with two attached hydrogens (primary N) is 1. The summed E-state index contributed by atoms with van der Waals surface area (Å²) in [6.07, 6.45) is 2.15. The number of esters is 1. The van der Waals surface area contributed by atoms with Crippen LogP contribution in [0.5, 0.6) is 0 Å². The molecular weight excluding hydrogens is 600 g/mol. The maximum Gasteiger partial charge on any atom is 0.312 e. The molecule has 3 atom stereocenters. The van der Waals surface area contributed by atoms with E-state index in [2.05, 4.69) is 26.6 Å². The van der Waals surface area contributed by atoms with Crippen molar-refractivity contribution in [1.82, 2.24) is 21.3 Å². The Labute approximate surface area is 269 Å². The molecule has 0 saturated carbocycles. The van der Waals surface area contributed by atoms with Gasteiger partial charge in [-0.2, -0.15) is 0 Å². The Kier molecular flexibility index (Phi) is 18.1. The number of carboxylic acid groups (broad SMARTS) is 1. The number of primary amides is 1. The number of benzene rings is 1. The lowest BCUT2D eigenvalue weighted by Gasteiger charge is -2.25. The third kappa shape index (κ3) is 17.0. The highest BCUT2D eigenvalue weighted by atomic mass is 16.5. The quantitative estimate of drug-likeness (QED) is 0.0755. The number of unbranched alkanes of at least 4 members (excludes halogenated alkanes) is 2. The van der Waals surface area contributed by atoms with Gasteiger partial charge in [0, 0.05) is 38.0 Å². The van der Waals surface area contributed by atoms with E-state index in [0.29, 0.717) is 37.9 Å². The topological polar surface area (TPSA) is 235 Å². The van der Waals surface area contributed by atoms with Crippen LogP contribution < -0.4 is 32.3 Å². The number of aliphatic carboxylic acids is 1. The lowest BCUT2D eigenvalue weighted by atomic mass is 10.0. The van der Waals surface area contributed by atoms with E-state index in [1.807, 2.05) is 0 Å². The predicted molar refractivity (Wildman–Crippen MR) is 169 cm³/mol. The Hall–Kier alpha value is -4.69. The summed E-state index contributed by atoms with van der Waals surface area (Å²) in [4.78, 5) is 83.9. The fourth-order valence-corrected chi connectivity index (χ4v) is 4.26. The van der Waals surface area contributed by atoms with E-state index in [1.165, 1.54) is 6.92 Å². The molecule has 1 aromatic rings. The summed E-state index contributed by atoms with van der Waals surface area (Å²) >= 11 is 0. The summed E-state index contributed by atoms with van der Waals surface area (Å²) in [5.41, 5.74) is 6.29. The van der Waals surface area contributed by atoms with E-state index in [4.69, 9.17) is 15.6 Å². The fraction of sp³-hybridized carbons (Fsp3) is 0.581. The number of urea groups is 1. The first-order valence-electron chi connectivity index (χ1n) is 15.3. The fourth-order valence-electron chi connectivity index (χ4n) is 4.26. The lowest BCUT2D eigenvalue weighted by molar-refractivity contribution is -0.142. The van der Waals surface area contributed by atoms with Gasteiger partial charge in [-0.1, -0.05) is 39.3 Å². The first kappa shape index (κ1) is 39.3. The van der Waals surface area contributed by atoms with Gasteiger partial charge in [-0.15, -0.1) is 0 Å². The summed E-state index contributed by atoms with van der Waals surface area (Å²) in [6.45, 7) is 7.02. The number of carbonyl (C=O) groups is 7. The highest BCUT2D eigenvalue weighted by Crippen LogP contribution is 2.13. The zero-order valence-electron chi connectivity index (χ0n) is 27.0. The molecule has 0 aliphatic carbocycles. The van der Waals surface area contributed by atoms with Crippen molar-refractivity contribution in [2.45, 2.75) is 91.3 Å². The molecule has 15 nitrogen and oxygen atoms in total. The molecule has 0 aliphatic rings. The molecule has 0 fully saturated rings. The van der Waals surface area contributed by atoms with E-state index in [9.17, 15) is 33.6 Å². The van der Waals surface area contributed by atoms with Gasteiger partial charge in [0.05, 0.1) is 6.42 Å². The number of amides is 6. The molecule has 0 bridgehead atoms. The standard InChI is InChI=1S/C31H48N6O9/c1-19(2)27(37-25(39)10-6-5-7-15-33-28(42)20(3)17-26(40)41)30(44)36-24(9-8-16-34-31(32)45)29(43)35-23-13-11-22(12-14-23)18-46-21(4)38/h11-14,19-20,24,27H,5-10,15-18H2,1-4H3,(H,33,42)(H,35,43)(H,36,44)(H,37,39)(H,40,41)(H3,32,34,45)/t20?,24-,27-/m0/s1. The van der Waals surface area contributed by atoms with Crippen molar-refractivity contribution < 1.29 is 43.4 Å². The number of hydrogen-bond acceptors (Lipinski definition) is 8. The second kappa shape index (κ2) is 21.1. The van der Waals surface area contributed by atoms with E-state index in [0.717, 1.165) is 5.56 Å².